The summed E-state index contributed by atoms with van der Waals surface area (Å²) in [6.45, 7) is 6.27. The van der Waals surface area contributed by atoms with Gasteiger partial charge in [0.25, 0.3) is 17.7 Å². The first-order valence-electron chi connectivity index (χ1n) is 10.6. The lowest BCUT2D eigenvalue weighted by Gasteiger charge is -2.17. The van der Waals surface area contributed by atoms with Crippen LogP contribution in [0.3, 0.4) is 0 Å². The van der Waals surface area contributed by atoms with Crippen molar-refractivity contribution in [1.29, 1.82) is 0 Å². The second-order valence-electron chi connectivity index (χ2n) is 7.51. The molecule has 172 valence electrons. The van der Waals surface area contributed by atoms with Crippen LogP contribution < -0.4 is 20.7 Å². The third-order valence-electron chi connectivity index (χ3n) is 5.08. The van der Waals surface area contributed by atoms with Gasteiger partial charge >= 0.3 is 0 Å². The van der Waals surface area contributed by atoms with Crippen molar-refractivity contribution in [2.24, 2.45) is 0 Å². The molecule has 0 saturated carbocycles. The first-order chi connectivity index (χ1) is 15.8. The van der Waals surface area contributed by atoms with E-state index in [1.54, 1.807) is 37.3 Å². The summed E-state index contributed by atoms with van der Waals surface area (Å²) in [4.78, 5) is 37.3. The normalized spacial score (nSPS) is 11.4. The third-order valence-corrected chi connectivity index (χ3v) is 5.95. The fourth-order valence-corrected chi connectivity index (χ4v) is 3.63. The maximum Gasteiger partial charge on any atom is 0.265 e. The second-order valence-corrected chi connectivity index (χ2v) is 8.46. The minimum atomic E-state index is -0.683. The number of carbonyl (C=O) groups excluding carboxylic acids is 3. The van der Waals surface area contributed by atoms with Crippen LogP contribution in [0.2, 0.25) is 0 Å². The molecule has 3 amide bonds. The minimum absolute atomic E-state index is 0.157. The van der Waals surface area contributed by atoms with Crippen LogP contribution in [0.4, 0.5) is 5.69 Å². The molecule has 1 unspecified atom stereocenters. The summed E-state index contributed by atoms with van der Waals surface area (Å²) in [6, 6.07) is 15.9. The molecule has 0 fully saturated rings. The molecule has 0 radical (unpaired) electrons. The summed E-state index contributed by atoms with van der Waals surface area (Å²) in [5.74, 6) is -0.0224. The summed E-state index contributed by atoms with van der Waals surface area (Å²) in [6.07, 6.45) is -0.683. The van der Waals surface area contributed by atoms with Crippen LogP contribution in [-0.4, -0.2) is 36.9 Å². The molecule has 0 bridgehead atoms. The molecular formula is C25H27N3O4S. The van der Waals surface area contributed by atoms with Crippen LogP contribution in [0.1, 0.15) is 38.1 Å². The Balaban J connectivity index is 1.45. The Kier molecular flexibility index (Phi) is 8.21. The molecule has 3 N–H and O–H groups in total. The van der Waals surface area contributed by atoms with Crippen molar-refractivity contribution in [3.63, 3.8) is 0 Å². The highest BCUT2D eigenvalue weighted by Crippen LogP contribution is 2.22. The van der Waals surface area contributed by atoms with Crippen molar-refractivity contribution in [3.8, 4) is 5.75 Å². The average Bonchev–Trinajstić information content (AvgIpc) is 3.35. The summed E-state index contributed by atoms with van der Waals surface area (Å²) < 4.78 is 5.81. The Bertz CT molecular complexity index is 1110. The van der Waals surface area contributed by atoms with Crippen molar-refractivity contribution in [2.45, 2.75) is 26.9 Å². The number of hydrogen-bond acceptors (Lipinski definition) is 5. The summed E-state index contributed by atoms with van der Waals surface area (Å²) in [5.41, 5.74) is 3.12. The number of ether oxygens (including phenoxy) is 1. The molecule has 8 heteroatoms. The lowest BCUT2D eigenvalue weighted by Crippen LogP contribution is -2.34. The van der Waals surface area contributed by atoms with Crippen LogP contribution in [0.25, 0.3) is 0 Å². The topological polar surface area (TPSA) is 96.5 Å². The number of benzene rings is 2. The van der Waals surface area contributed by atoms with E-state index >= 15 is 0 Å². The van der Waals surface area contributed by atoms with Crippen molar-refractivity contribution >= 4 is 34.7 Å². The average molecular weight is 466 g/mol. The van der Waals surface area contributed by atoms with Crippen LogP contribution >= 0.6 is 11.3 Å². The van der Waals surface area contributed by atoms with Gasteiger partial charge in [0.15, 0.2) is 6.10 Å². The zero-order valence-corrected chi connectivity index (χ0v) is 19.6. The fraction of sp³-hybridized carbons (Fsp3) is 0.240. The van der Waals surface area contributed by atoms with Gasteiger partial charge in [0, 0.05) is 24.3 Å². The van der Waals surface area contributed by atoms with Crippen molar-refractivity contribution in [1.82, 2.24) is 10.6 Å². The Morgan fingerprint density at radius 3 is 2.27 bits per heavy atom. The number of hydrogen-bond donors (Lipinski definition) is 3. The molecule has 3 rings (SSSR count). The number of amides is 3. The monoisotopic (exact) mass is 465 g/mol. The molecule has 0 spiro atoms. The van der Waals surface area contributed by atoms with Crippen LogP contribution in [0.15, 0.2) is 60.0 Å². The van der Waals surface area contributed by atoms with Gasteiger partial charge in [-0.2, -0.15) is 0 Å². The van der Waals surface area contributed by atoms with Gasteiger partial charge in [-0.1, -0.05) is 18.2 Å². The second kappa shape index (κ2) is 11.3. The van der Waals surface area contributed by atoms with E-state index in [0.29, 0.717) is 35.0 Å². The van der Waals surface area contributed by atoms with Gasteiger partial charge in [-0.3, -0.25) is 14.4 Å². The van der Waals surface area contributed by atoms with E-state index in [2.05, 4.69) is 16.0 Å². The fourth-order valence-electron chi connectivity index (χ4n) is 2.99. The number of anilines is 1. The van der Waals surface area contributed by atoms with E-state index in [-0.39, 0.29) is 17.7 Å². The highest BCUT2D eigenvalue weighted by Gasteiger charge is 2.16. The third kappa shape index (κ3) is 6.66. The quantitative estimate of drug-likeness (QED) is 0.417. The van der Waals surface area contributed by atoms with Crippen LogP contribution in [0.5, 0.6) is 5.75 Å². The predicted octanol–water partition coefficient (Wildman–Crippen LogP) is 3.93. The largest absolute Gasteiger partial charge is 0.481 e. The lowest BCUT2D eigenvalue weighted by atomic mass is 10.1. The minimum Gasteiger partial charge on any atom is -0.481 e. The summed E-state index contributed by atoms with van der Waals surface area (Å²) in [5, 5.41) is 10.1. The van der Waals surface area contributed by atoms with E-state index in [1.165, 1.54) is 11.3 Å². The predicted molar refractivity (Wildman–Crippen MR) is 130 cm³/mol. The highest BCUT2D eigenvalue weighted by atomic mass is 32.1. The molecule has 1 heterocycles. The van der Waals surface area contributed by atoms with E-state index in [1.807, 2.05) is 43.5 Å². The van der Waals surface area contributed by atoms with Gasteiger partial charge in [-0.15, -0.1) is 11.3 Å². The Hall–Kier alpha value is -3.65. The first-order valence-corrected chi connectivity index (χ1v) is 11.5. The van der Waals surface area contributed by atoms with Crippen molar-refractivity contribution < 1.29 is 19.1 Å². The SMILES string of the molecule is Cc1cccc(OC(C)C(=O)Nc2ccc(C(=O)NCCNC(=O)c3cccs3)cc2)c1C. The van der Waals surface area contributed by atoms with Crippen molar-refractivity contribution in [2.75, 3.05) is 18.4 Å². The number of nitrogens with one attached hydrogen (secondary N) is 3. The van der Waals surface area contributed by atoms with E-state index < -0.39 is 6.10 Å². The zero-order valence-electron chi connectivity index (χ0n) is 18.8. The van der Waals surface area contributed by atoms with Crippen LogP contribution in [-0.2, 0) is 4.79 Å². The van der Waals surface area contributed by atoms with E-state index in [4.69, 9.17) is 4.74 Å². The molecular weight excluding hydrogens is 438 g/mol. The number of carbonyl (C=O) groups is 3. The molecule has 3 aromatic rings. The Morgan fingerprint density at radius 1 is 0.909 bits per heavy atom. The molecule has 1 aromatic heterocycles. The van der Waals surface area contributed by atoms with Gasteiger partial charge in [-0.05, 0) is 73.7 Å². The van der Waals surface area contributed by atoms with E-state index in [9.17, 15) is 14.4 Å². The highest BCUT2D eigenvalue weighted by molar-refractivity contribution is 7.12. The van der Waals surface area contributed by atoms with Crippen LogP contribution in [0, 0.1) is 13.8 Å². The van der Waals surface area contributed by atoms with Gasteiger partial charge in [0.05, 0.1) is 4.88 Å². The molecule has 33 heavy (non-hydrogen) atoms. The van der Waals surface area contributed by atoms with E-state index in [0.717, 1.165) is 11.1 Å². The van der Waals surface area contributed by atoms with Gasteiger partial charge in [-0.25, -0.2) is 0 Å². The summed E-state index contributed by atoms with van der Waals surface area (Å²) in [7, 11) is 0. The Morgan fingerprint density at radius 2 is 1.61 bits per heavy atom. The van der Waals surface area contributed by atoms with Crippen molar-refractivity contribution in [3.05, 3.63) is 81.5 Å². The maximum absolute atomic E-state index is 12.5. The van der Waals surface area contributed by atoms with Gasteiger partial charge in [0.2, 0.25) is 0 Å². The maximum atomic E-state index is 12.5. The first kappa shape index (κ1) is 24.0. The molecule has 2 aromatic carbocycles. The molecule has 0 aliphatic rings. The number of thiophene rings is 1. The van der Waals surface area contributed by atoms with Gasteiger partial charge in [0.1, 0.15) is 5.75 Å². The summed E-state index contributed by atoms with van der Waals surface area (Å²) >= 11 is 1.36. The zero-order chi connectivity index (χ0) is 23.8. The molecule has 1 atom stereocenters. The standard InChI is InChI=1S/C25H27N3O4S/c1-16-6-4-7-21(17(16)2)32-18(3)23(29)28-20-11-9-19(10-12-20)24(30)26-13-14-27-25(31)22-8-5-15-33-22/h4-12,15,18H,13-14H2,1-3H3,(H,26,30)(H,27,31)(H,28,29). The molecule has 0 saturated heterocycles. The molecule has 0 aliphatic carbocycles. The molecule has 7 nitrogen and oxygen atoms in total. The molecule has 0 aliphatic heterocycles. The number of aryl methyl sites for hydroxylation is 1. The lowest BCUT2D eigenvalue weighted by molar-refractivity contribution is -0.122. The Labute approximate surface area is 197 Å². The van der Waals surface area contributed by atoms with Gasteiger partial charge < -0.3 is 20.7 Å². The smallest absolute Gasteiger partial charge is 0.265 e. The number of rotatable bonds is 9.